The summed E-state index contributed by atoms with van der Waals surface area (Å²) in [5.74, 6) is 0. The second kappa shape index (κ2) is 8.87. The fourth-order valence-corrected chi connectivity index (χ4v) is 0. The fourth-order valence-electron chi connectivity index (χ4n) is 0. The standard InChI is InChI=1S/C2H4O2.Rh/c3-1-2-4;/h1,4H,2H2;. The molecule has 0 unspecified atom stereocenters. The molecule has 0 aromatic carbocycles. The minimum absolute atomic E-state index is 0. The molecule has 0 aliphatic rings. The third kappa shape index (κ3) is 13.7. The zero-order chi connectivity index (χ0) is 3.41. The van der Waals surface area contributed by atoms with Crippen LogP contribution in [0, 0.1) is 0 Å². The Morgan fingerprint density at radius 1 is 1.80 bits per heavy atom. The van der Waals surface area contributed by atoms with Crippen LogP contribution in [0.4, 0.5) is 0 Å². The van der Waals surface area contributed by atoms with E-state index in [1.807, 2.05) is 0 Å². The van der Waals surface area contributed by atoms with Crippen LogP contribution in [0.1, 0.15) is 0 Å². The summed E-state index contributed by atoms with van der Waals surface area (Å²) in [6, 6.07) is 0. The summed E-state index contributed by atoms with van der Waals surface area (Å²) in [6.07, 6.45) is 0.431. The quantitative estimate of drug-likeness (QED) is 0.404. The molecule has 3 heteroatoms. The van der Waals surface area contributed by atoms with Crippen molar-refractivity contribution in [2.24, 2.45) is 0 Å². The van der Waals surface area contributed by atoms with Crippen LogP contribution in [0.15, 0.2) is 0 Å². The van der Waals surface area contributed by atoms with Gasteiger partial charge in [0, 0.05) is 19.5 Å². The van der Waals surface area contributed by atoms with Gasteiger partial charge in [0.05, 0.1) is 6.61 Å². The van der Waals surface area contributed by atoms with Gasteiger partial charge in [-0.3, -0.25) is 0 Å². The zero-order valence-corrected chi connectivity index (χ0v) is 4.11. The van der Waals surface area contributed by atoms with Gasteiger partial charge in [-0.2, -0.15) is 0 Å². The van der Waals surface area contributed by atoms with Gasteiger partial charge in [0.2, 0.25) is 0 Å². The summed E-state index contributed by atoms with van der Waals surface area (Å²) in [5.41, 5.74) is 0. The Morgan fingerprint density at radius 2 is 2.00 bits per heavy atom. The smallest absolute Gasteiger partial charge is 0.145 e. The average Bonchev–Trinajstić information content (AvgIpc) is 1.37. The van der Waals surface area contributed by atoms with Gasteiger partial charge in [-0.05, 0) is 0 Å². The van der Waals surface area contributed by atoms with Crippen molar-refractivity contribution in [3.63, 3.8) is 0 Å². The van der Waals surface area contributed by atoms with Crippen molar-refractivity contribution in [2.45, 2.75) is 0 Å². The number of carbonyl (C=O) groups is 1. The number of rotatable bonds is 1. The minimum atomic E-state index is -0.361. The largest absolute Gasteiger partial charge is 0.389 e. The Kier molecular flexibility index (Phi) is 15.9. The summed E-state index contributed by atoms with van der Waals surface area (Å²) < 4.78 is 0. The van der Waals surface area contributed by atoms with Crippen LogP contribution in [0.5, 0.6) is 0 Å². The molecule has 5 heavy (non-hydrogen) atoms. The van der Waals surface area contributed by atoms with E-state index >= 15 is 0 Å². The van der Waals surface area contributed by atoms with E-state index in [0.717, 1.165) is 0 Å². The molecule has 0 aromatic heterocycles. The van der Waals surface area contributed by atoms with Gasteiger partial charge in [0.25, 0.3) is 0 Å². The Morgan fingerprint density at radius 3 is 2.00 bits per heavy atom. The van der Waals surface area contributed by atoms with E-state index in [-0.39, 0.29) is 26.1 Å². The number of aliphatic hydroxyl groups is 1. The van der Waals surface area contributed by atoms with Crippen LogP contribution in [0.25, 0.3) is 0 Å². The molecule has 0 bridgehead atoms. The second-order valence-corrected chi connectivity index (χ2v) is 0.349. The van der Waals surface area contributed by atoms with Gasteiger partial charge >= 0.3 is 0 Å². The van der Waals surface area contributed by atoms with Gasteiger partial charge in [-0.15, -0.1) is 0 Å². The number of aliphatic hydroxyl groups excluding tert-OH is 1. The first kappa shape index (κ1) is 8.98. The third-order valence-electron chi connectivity index (χ3n) is 0.0745. The van der Waals surface area contributed by atoms with Gasteiger partial charge in [-0.25, -0.2) is 0 Å². The van der Waals surface area contributed by atoms with Crippen LogP contribution < -0.4 is 0 Å². The topological polar surface area (TPSA) is 37.3 Å². The molecule has 1 radical (unpaired) electrons. The summed E-state index contributed by atoms with van der Waals surface area (Å²) >= 11 is 0. The molecule has 0 saturated heterocycles. The molecular formula is C2H4O2Rh. The minimum Gasteiger partial charge on any atom is -0.389 e. The molecule has 0 spiro atoms. The molecule has 1 N–H and O–H groups in total. The Labute approximate surface area is 42.9 Å². The molecule has 0 aliphatic heterocycles. The maximum atomic E-state index is 8.92. The average molecular weight is 163 g/mol. The first-order valence-electron chi connectivity index (χ1n) is 0.960. The maximum absolute atomic E-state index is 8.92. The molecule has 0 aromatic rings. The van der Waals surface area contributed by atoms with Crippen molar-refractivity contribution >= 4 is 6.29 Å². The van der Waals surface area contributed by atoms with Gasteiger partial charge in [-0.1, -0.05) is 0 Å². The predicted molar refractivity (Wildman–Crippen MR) is 13.1 cm³/mol. The molecule has 0 fully saturated rings. The molecule has 0 rings (SSSR count). The first-order chi connectivity index (χ1) is 1.91. The van der Waals surface area contributed by atoms with Crippen LogP contribution in [-0.4, -0.2) is 18.0 Å². The third-order valence-corrected chi connectivity index (χ3v) is 0.0745. The first-order valence-corrected chi connectivity index (χ1v) is 0.960. The van der Waals surface area contributed by atoms with E-state index in [1.54, 1.807) is 0 Å². The van der Waals surface area contributed by atoms with E-state index in [9.17, 15) is 0 Å². The van der Waals surface area contributed by atoms with Crippen LogP contribution >= 0.6 is 0 Å². The zero-order valence-electron chi connectivity index (χ0n) is 2.47. The number of hydrogen-bond acceptors (Lipinski definition) is 2. The van der Waals surface area contributed by atoms with E-state index in [2.05, 4.69) is 0 Å². The normalized spacial score (nSPS) is 5.00. The van der Waals surface area contributed by atoms with Crippen molar-refractivity contribution in [1.82, 2.24) is 0 Å². The van der Waals surface area contributed by atoms with Crippen molar-refractivity contribution in [1.29, 1.82) is 0 Å². The van der Waals surface area contributed by atoms with Crippen molar-refractivity contribution in [3.05, 3.63) is 0 Å². The van der Waals surface area contributed by atoms with Gasteiger partial charge in [0.15, 0.2) is 0 Å². The predicted octanol–water partition coefficient (Wildman–Crippen LogP) is -0.825. The van der Waals surface area contributed by atoms with Crippen LogP contribution in [-0.2, 0) is 24.3 Å². The molecule has 0 saturated carbocycles. The van der Waals surface area contributed by atoms with E-state index < -0.39 is 0 Å². The summed E-state index contributed by atoms with van der Waals surface area (Å²) in [4.78, 5) is 8.92. The van der Waals surface area contributed by atoms with Crippen LogP contribution in [0.3, 0.4) is 0 Å². The molecular weight excluding hydrogens is 159 g/mol. The molecule has 0 aliphatic carbocycles. The van der Waals surface area contributed by atoms with Crippen molar-refractivity contribution < 1.29 is 29.4 Å². The molecule has 33 valence electrons. The number of hydrogen-bond donors (Lipinski definition) is 1. The van der Waals surface area contributed by atoms with Gasteiger partial charge in [0.1, 0.15) is 6.29 Å². The Balaban J connectivity index is 0. The molecule has 2 nitrogen and oxygen atoms in total. The van der Waals surface area contributed by atoms with E-state index in [4.69, 9.17) is 9.90 Å². The molecule has 0 atom stereocenters. The number of aldehydes is 1. The van der Waals surface area contributed by atoms with E-state index in [0.29, 0.717) is 6.29 Å². The van der Waals surface area contributed by atoms with Gasteiger partial charge < -0.3 is 9.90 Å². The van der Waals surface area contributed by atoms with Crippen LogP contribution in [0.2, 0.25) is 0 Å². The molecule has 0 heterocycles. The SMILES string of the molecule is O=CCO.[Rh]. The fraction of sp³-hybridized carbons (Fsp3) is 0.500. The van der Waals surface area contributed by atoms with Crippen molar-refractivity contribution in [2.75, 3.05) is 6.61 Å². The molecule has 0 amide bonds. The summed E-state index contributed by atoms with van der Waals surface area (Å²) in [7, 11) is 0. The number of carbonyl (C=O) groups excluding carboxylic acids is 1. The maximum Gasteiger partial charge on any atom is 0.145 e. The Hall–Kier alpha value is 0.253. The van der Waals surface area contributed by atoms with E-state index in [1.165, 1.54) is 0 Å². The van der Waals surface area contributed by atoms with Crippen molar-refractivity contribution in [3.8, 4) is 0 Å². The monoisotopic (exact) mass is 163 g/mol. The summed E-state index contributed by atoms with van der Waals surface area (Å²) in [5, 5.41) is 7.51. The Bertz CT molecular complexity index is 21.6. The summed E-state index contributed by atoms with van der Waals surface area (Å²) in [6.45, 7) is -0.361. The second-order valence-electron chi connectivity index (χ2n) is 0.349.